The van der Waals surface area contributed by atoms with Gasteiger partial charge in [0.05, 0.1) is 0 Å². The number of rotatable bonds is 13. The topological polar surface area (TPSA) is 18.5 Å². The van der Waals surface area contributed by atoms with Crippen molar-refractivity contribution in [2.75, 3.05) is 40.3 Å². The van der Waals surface area contributed by atoms with Gasteiger partial charge in [0.15, 0.2) is 5.44 Å². The number of benzene rings is 1. The molecule has 200 valence electrons. The summed E-state index contributed by atoms with van der Waals surface area (Å²) in [6.07, 6.45) is 5.44. The molecule has 2 fully saturated rings. The van der Waals surface area contributed by atoms with Crippen LogP contribution in [0.1, 0.15) is 45.1 Å². The standard InChI is InChI=1S/C29H42O2S5/c1-6-8-9-28(35-16-21(3)7-2)30-25-10-24(12-27-19-32-14-22(4)17-34-27)11-26(13-25)31-29-20-33-15-23(5)18-36-29/h10-11,13,27-29H,3-9,12,14-20H2,1-2H3. The fourth-order valence-corrected chi connectivity index (χ4v) is 9.75. The Morgan fingerprint density at radius 1 is 1.00 bits per heavy atom. The summed E-state index contributed by atoms with van der Waals surface area (Å²) < 4.78 is 13.2. The third-order valence-corrected chi connectivity index (χ3v) is 12.6. The van der Waals surface area contributed by atoms with Crippen molar-refractivity contribution in [2.24, 2.45) is 0 Å². The maximum absolute atomic E-state index is 6.64. The van der Waals surface area contributed by atoms with Gasteiger partial charge in [-0.05, 0) is 43.4 Å². The van der Waals surface area contributed by atoms with E-state index in [-0.39, 0.29) is 10.9 Å². The second-order valence-electron chi connectivity index (χ2n) is 9.44. The highest BCUT2D eigenvalue weighted by molar-refractivity contribution is 8.04. The van der Waals surface area contributed by atoms with Gasteiger partial charge in [0.25, 0.3) is 0 Å². The average molecular weight is 583 g/mol. The van der Waals surface area contributed by atoms with E-state index in [1.807, 2.05) is 58.8 Å². The summed E-state index contributed by atoms with van der Waals surface area (Å²) in [6.45, 7) is 17.0. The van der Waals surface area contributed by atoms with E-state index in [0.717, 1.165) is 71.0 Å². The molecule has 0 aromatic heterocycles. The first-order valence-corrected chi connectivity index (χ1v) is 18.4. The second-order valence-corrected chi connectivity index (χ2v) is 15.1. The molecule has 3 unspecified atom stereocenters. The summed E-state index contributed by atoms with van der Waals surface area (Å²) in [4.78, 5) is 0. The molecule has 2 aliphatic rings. The Bertz CT molecular complexity index is 821. The SMILES string of the molecule is C=C1CSCC(Cc2cc(OC(CCCC)SCC(=C)CC)cc(OC3CSCC(=C)CS3)c2)SC1. The Labute approximate surface area is 241 Å². The van der Waals surface area contributed by atoms with E-state index >= 15 is 0 Å². The molecule has 2 saturated heterocycles. The molecule has 0 saturated carbocycles. The molecule has 3 rings (SSSR count). The van der Waals surface area contributed by atoms with Crippen molar-refractivity contribution in [1.82, 2.24) is 0 Å². The second kappa shape index (κ2) is 16.7. The fraction of sp³-hybridized carbons (Fsp3) is 0.586. The molecule has 0 radical (unpaired) electrons. The van der Waals surface area contributed by atoms with Gasteiger partial charge in [-0.1, -0.05) is 56.7 Å². The first-order chi connectivity index (χ1) is 17.4. The van der Waals surface area contributed by atoms with Crippen molar-refractivity contribution in [2.45, 2.75) is 62.1 Å². The number of unbranched alkanes of at least 4 members (excludes halogenated alkanes) is 1. The van der Waals surface area contributed by atoms with Crippen molar-refractivity contribution in [3.05, 3.63) is 60.2 Å². The van der Waals surface area contributed by atoms with Crippen LogP contribution in [-0.2, 0) is 6.42 Å². The lowest BCUT2D eigenvalue weighted by Crippen LogP contribution is -2.17. The summed E-state index contributed by atoms with van der Waals surface area (Å²) in [5.41, 5.74) is 5.50. The molecular formula is C29H42O2S5. The van der Waals surface area contributed by atoms with Gasteiger partial charge < -0.3 is 9.47 Å². The van der Waals surface area contributed by atoms with Crippen molar-refractivity contribution in [1.29, 1.82) is 0 Å². The van der Waals surface area contributed by atoms with E-state index < -0.39 is 0 Å². The van der Waals surface area contributed by atoms with Crippen molar-refractivity contribution < 1.29 is 9.47 Å². The summed E-state index contributed by atoms with van der Waals surface area (Å²) >= 11 is 9.72. The molecule has 1 aromatic carbocycles. The largest absolute Gasteiger partial charge is 0.480 e. The van der Waals surface area contributed by atoms with Gasteiger partial charge in [-0.15, -0.1) is 23.5 Å². The molecule has 1 aromatic rings. The predicted molar refractivity (Wildman–Crippen MR) is 172 cm³/mol. The molecular weight excluding hydrogens is 541 g/mol. The minimum absolute atomic E-state index is 0.133. The zero-order valence-corrected chi connectivity index (χ0v) is 26.0. The van der Waals surface area contributed by atoms with Crippen LogP contribution in [0.25, 0.3) is 0 Å². The Morgan fingerprint density at radius 2 is 1.72 bits per heavy atom. The highest BCUT2D eigenvalue weighted by atomic mass is 32.2. The first kappa shape index (κ1) is 30.3. The van der Waals surface area contributed by atoms with E-state index in [1.165, 1.54) is 35.1 Å². The lowest BCUT2D eigenvalue weighted by Gasteiger charge is -2.22. The van der Waals surface area contributed by atoms with E-state index in [2.05, 4.69) is 51.8 Å². The third kappa shape index (κ3) is 11.3. The summed E-state index contributed by atoms with van der Waals surface area (Å²) in [7, 11) is 0. The van der Waals surface area contributed by atoms with Crippen LogP contribution < -0.4 is 9.47 Å². The summed E-state index contributed by atoms with van der Waals surface area (Å²) in [5.74, 6) is 9.11. The van der Waals surface area contributed by atoms with E-state index in [1.54, 1.807) is 0 Å². The van der Waals surface area contributed by atoms with Crippen molar-refractivity contribution in [3.63, 3.8) is 0 Å². The number of hydrogen-bond donors (Lipinski definition) is 0. The van der Waals surface area contributed by atoms with Crippen LogP contribution in [-0.4, -0.2) is 56.4 Å². The molecule has 2 aliphatic heterocycles. The summed E-state index contributed by atoms with van der Waals surface area (Å²) in [5, 5.41) is 0.585. The molecule has 0 spiro atoms. The minimum atomic E-state index is 0.133. The zero-order valence-electron chi connectivity index (χ0n) is 21.9. The quantitative estimate of drug-likeness (QED) is 0.168. The van der Waals surface area contributed by atoms with Crippen LogP contribution in [0.4, 0.5) is 0 Å². The van der Waals surface area contributed by atoms with Crippen molar-refractivity contribution in [3.8, 4) is 11.5 Å². The smallest absolute Gasteiger partial charge is 0.153 e. The van der Waals surface area contributed by atoms with Crippen LogP contribution in [0.2, 0.25) is 0 Å². The Morgan fingerprint density at radius 3 is 2.47 bits per heavy atom. The number of hydrogen-bond acceptors (Lipinski definition) is 7. The predicted octanol–water partition coefficient (Wildman–Crippen LogP) is 8.97. The van der Waals surface area contributed by atoms with E-state index in [4.69, 9.17) is 9.47 Å². The normalized spacial score (nSPS) is 21.9. The average Bonchev–Trinajstić information content (AvgIpc) is 3.19. The maximum Gasteiger partial charge on any atom is 0.153 e. The number of ether oxygens (including phenoxy) is 2. The van der Waals surface area contributed by atoms with Gasteiger partial charge >= 0.3 is 0 Å². The van der Waals surface area contributed by atoms with Gasteiger partial charge in [-0.2, -0.15) is 35.3 Å². The molecule has 36 heavy (non-hydrogen) atoms. The van der Waals surface area contributed by atoms with Crippen molar-refractivity contribution >= 4 is 58.8 Å². The van der Waals surface area contributed by atoms with Gasteiger partial charge in [-0.3, -0.25) is 0 Å². The Kier molecular flexibility index (Phi) is 14.1. The van der Waals surface area contributed by atoms with Gasteiger partial charge in [0.2, 0.25) is 0 Å². The van der Waals surface area contributed by atoms with Crippen LogP contribution in [0.5, 0.6) is 11.5 Å². The lowest BCUT2D eigenvalue weighted by atomic mass is 10.1. The number of thioether (sulfide) groups is 5. The molecule has 0 aliphatic carbocycles. The zero-order chi connectivity index (χ0) is 25.8. The Hall–Kier alpha value is -0.210. The molecule has 0 amide bonds. The van der Waals surface area contributed by atoms with E-state index in [9.17, 15) is 0 Å². The lowest BCUT2D eigenvalue weighted by molar-refractivity contribution is 0.268. The highest BCUT2D eigenvalue weighted by Gasteiger charge is 2.20. The van der Waals surface area contributed by atoms with Crippen LogP contribution in [0, 0.1) is 0 Å². The summed E-state index contributed by atoms with van der Waals surface area (Å²) in [6, 6.07) is 6.61. The molecule has 0 bridgehead atoms. The fourth-order valence-electron chi connectivity index (χ4n) is 3.76. The van der Waals surface area contributed by atoms with Gasteiger partial charge in [-0.25, -0.2) is 0 Å². The maximum atomic E-state index is 6.64. The Balaban J connectivity index is 1.77. The third-order valence-electron chi connectivity index (χ3n) is 5.87. The molecule has 3 atom stereocenters. The molecule has 0 N–H and O–H groups in total. The monoisotopic (exact) mass is 582 g/mol. The van der Waals surface area contributed by atoms with Gasteiger partial charge in [0, 0.05) is 51.6 Å². The minimum Gasteiger partial charge on any atom is -0.480 e. The molecule has 2 heterocycles. The van der Waals surface area contributed by atoms with Crippen LogP contribution in [0.15, 0.2) is 54.7 Å². The molecule has 2 nitrogen and oxygen atoms in total. The highest BCUT2D eigenvalue weighted by Crippen LogP contribution is 2.35. The molecule has 7 heteroatoms. The van der Waals surface area contributed by atoms with Crippen LogP contribution in [0.3, 0.4) is 0 Å². The van der Waals surface area contributed by atoms with Gasteiger partial charge in [0.1, 0.15) is 16.9 Å². The van der Waals surface area contributed by atoms with E-state index in [0.29, 0.717) is 5.25 Å². The van der Waals surface area contributed by atoms with Crippen LogP contribution >= 0.6 is 58.8 Å². The first-order valence-electron chi connectivity index (χ1n) is 12.9.